The van der Waals surface area contributed by atoms with Crippen molar-refractivity contribution < 1.29 is 10.1 Å². The molecule has 1 N–H and O–H groups in total. The first-order chi connectivity index (χ1) is 9.58. The minimum absolute atomic E-state index is 0.0796. The molecule has 0 radical (unpaired) electrons. The highest BCUT2D eigenvalue weighted by atomic mass is 16.6. The average molecular weight is 269 g/mol. The third kappa shape index (κ3) is 1.78. The van der Waals surface area contributed by atoms with Crippen LogP contribution in [0.4, 0.5) is 5.69 Å². The topological polar surface area (TPSA) is 81.2 Å². The van der Waals surface area contributed by atoms with E-state index in [1.807, 2.05) is 31.2 Å². The molecule has 3 aromatic rings. The fourth-order valence-corrected chi connectivity index (χ4v) is 2.16. The number of nitro benzene ring substituents is 1. The van der Waals surface area contributed by atoms with E-state index in [1.165, 1.54) is 18.2 Å². The maximum absolute atomic E-state index is 10.8. The highest BCUT2D eigenvalue weighted by Crippen LogP contribution is 2.27. The number of nitrogens with zero attached hydrogens (tertiary/aromatic N) is 3. The first-order valence-corrected chi connectivity index (χ1v) is 6.00. The van der Waals surface area contributed by atoms with Crippen molar-refractivity contribution in [3.63, 3.8) is 0 Å². The summed E-state index contributed by atoms with van der Waals surface area (Å²) in [6.07, 6.45) is 0. The van der Waals surface area contributed by atoms with Crippen LogP contribution in [-0.4, -0.2) is 19.8 Å². The molecule has 0 bridgehead atoms. The van der Waals surface area contributed by atoms with E-state index in [-0.39, 0.29) is 5.69 Å². The number of hydrogen-bond acceptors (Lipinski definition) is 4. The van der Waals surface area contributed by atoms with E-state index >= 15 is 0 Å². The van der Waals surface area contributed by atoms with Gasteiger partial charge in [0, 0.05) is 17.7 Å². The molecule has 6 nitrogen and oxygen atoms in total. The molecule has 20 heavy (non-hydrogen) atoms. The fraction of sp³-hybridized carbons (Fsp3) is 0.0714. The number of rotatable bonds is 2. The zero-order chi connectivity index (χ0) is 14.3. The van der Waals surface area contributed by atoms with Gasteiger partial charge in [0.2, 0.25) is 0 Å². The highest BCUT2D eigenvalue weighted by molar-refractivity contribution is 5.82. The molecule has 6 heteroatoms. The van der Waals surface area contributed by atoms with Gasteiger partial charge in [-0.05, 0) is 18.6 Å². The van der Waals surface area contributed by atoms with Crippen LogP contribution in [0.25, 0.3) is 22.4 Å². The van der Waals surface area contributed by atoms with Crippen LogP contribution in [-0.2, 0) is 0 Å². The number of fused-ring (bicyclic) bond motifs is 1. The van der Waals surface area contributed by atoms with Gasteiger partial charge in [-0.3, -0.25) is 10.1 Å². The molecule has 0 aliphatic carbocycles. The average Bonchev–Trinajstić information content (AvgIpc) is 2.76. The molecule has 0 spiro atoms. The van der Waals surface area contributed by atoms with Gasteiger partial charge in [-0.1, -0.05) is 24.3 Å². The lowest BCUT2D eigenvalue weighted by Gasteiger charge is -2.04. The van der Waals surface area contributed by atoms with Crippen molar-refractivity contribution in [3.8, 4) is 11.4 Å². The van der Waals surface area contributed by atoms with Crippen molar-refractivity contribution in [2.75, 3.05) is 0 Å². The predicted octanol–water partition coefficient (Wildman–Crippen LogP) is 3.16. The molecule has 1 aromatic heterocycles. The van der Waals surface area contributed by atoms with Gasteiger partial charge in [0.05, 0.1) is 10.4 Å². The third-order valence-electron chi connectivity index (χ3n) is 3.21. The summed E-state index contributed by atoms with van der Waals surface area (Å²) in [4.78, 5) is 14.6. The Morgan fingerprint density at radius 1 is 1.25 bits per heavy atom. The number of benzene rings is 2. The Balaban J connectivity index is 2.26. The summed E-state index contributed by atoms with van der Waals surface area (Å²) in [6, 6.07) is 11.7. The maximum Gasteiger partial charge on any atom is 0.271 e. The predicted molar refractivity (Wildman–Crippen MR) is 73.7 cm³/mol. The van der Waals surface area contributed by atoms with Gasteiger partial charge in [-0.15, -0.1) is 0 Å². The number of nitro groups is 1. The Morgan fingerprint density at radius 3 is 2.70 bits per heavy atom. The molecule has 0 saturated heterocycles. The van der Waals surface area contributed by atoms with E-state index in [0.29, 0.717) is 16.9 Å². The SMILES string of the molecule is Cc1ccccc1-c1nc2ccc([N+](=O)[O-])cc2n1O. The number of hydrogen-bond donors (Lipinski definition) is 1. The standard InChI is InChI=1S/C14H11N3O3/c1-9-4-2-3-5-11(9)14-15-12-7-6-10(17(19)20)8-13(12)16(14)18/h2-8,18H,1H3. The van der Waals surface area contributed by atoms with Crippen LogP contribution < -0.4 is 0 Å². The zero-order valence-electron chi connectivity index (χ0n) is 10.6. The van der Waals surface area contributed by atoms with E-state index in [4.69, 9.17) is 0 Å². The van der Waals surface area contributed by atoms with Crippen LogP contribution in [0.3, 0.4) is 0 Å². The second-order valence-corrected chi connectivity index (χ2v) is 4.49. The third-order valence-corrected chi connectivity index (χ3v) is 3.21. The van der Waals surface area contributed by atoms with Gasteiger partial charge in [0.25, 0.3) is 5.69 Å². The Hall–Kier alpha value is -2.89. The van der Waals surface area contributed by atoms with E-state index in [2.05, 4.69) is 4.98 Å². The van der Waals surface area contributed by atoms with Crippen molar-refractivity contribution in [2.45, 2.75) is 6.92 Å². The molecule has 3 rings (SSSR count). The van der Waals surface area contributed by atoms with Crippen LogP contribution in [0.2, 0.25) is 0 Å². The second kappa shape index (κ2) is 4.34. The Bertz CT molecular complexity index is 824. The summed E-state index contributed by atoms with van der Waals surface area (Å²) in [7, 11) is 0. The van der Waals surface area contributed by atoms with E-state index in [0.717, 1.165) is 15.9 Å². The summed E-state index contributed by atoms with van der Waals surface area (Å²) in [5, 5.41) is 21.0. The summed E-state index contributed by atoms with van der Waals surface area (Å²) >= 11 is 0. The van der Waals surface area contributed by atoms with Crippen LogP contribution in [0, 0.1) is 17.0 Å². The molecule has 0 amide bonds. The minimum atomic E-state index is -0.500. The van der Waals surface area contributed by atoms with Crippen molar-refractivity contribution >= 4 is 16.7 Å². The van der Waals surface area contributed by atoms with Crippen molar-refractivity contribution in [2.24, 2.45) is 0 Å². The lowest BCUT2D eigenvalue weighted by atomic mass is 10.1. The lowest BCUT2D eigenvalue weighted by Crippen LogP contribution is -1.96. The molecule has 0 unspecified atom stereocenters. The minimum Gasteiger partial charge on any atom is -0.426 e. The molecule has 0 aliphatic heterocycles. The molecule has 0 atom stereocenters. The van der Waals surface area contributed by atoms with Gasteiger partial charge in [-0.2, -0.15) is 4.73 Å². The van der Waals surface area contributed by atoms with Crippen LogP contribution in [0.5, 0.6) is 0 Å². The van der Waals surface area contributed by atoms with Gasteiger partial charge in [0.15, 0.2) is 5.82 Å². The molecule has 100 valence electrons. The molecule has 2 aromatic carbocycles. The first-order valence-electron chi connectivity index (χ1n) is 6.00. The van der Waals surface area contributed by atoms with Crippen molar-refractivity contribution in [1.29, 1.82) is 0 Å². The number of non-ortho nitro benzene ring substituents is 1. The van der Waals surface area contributed by atoms with Crippen LogP contribution in [0.15, 0.2) is 42.5 Å². The molecule has 0 aliphatic rings. The Kier molecular flexibility index (Phi) is 2.64. The number of aryl methyl sites for hydroxylation is 1. The van der Waals surface area contributed by atoms with Gasteiger partial charge in [-0.25, -0.2) is 4.98 Å². The molecule has 1 heterocycles. The zero-order valence-corrected chi connectivity index (χ0v) is 10.6. The molecule has 0 saturated carbocycles. The van der Waals surface area contributed by atoms with Crippen molar-refractivity contribution in [3.05, 3.63) is 58.1 Å². The first kappa shape index (κ1) is 12.2. The van der Waals surface area contributed by atoms with E-state index in [9.17, 15) is 15.3 Å². The molecular formula is C14H11N3O3. The summed E-state index contributed by atoms with van der Waals surface area (Å²) in [5.74, 6) is 0.374. The quantitative estimate of drug-likeness (QED) is 0.440. The molecule has 0 fully saturated rings. The summed E-state index contributed by atoms with van der Waals surface area (Å²) in [5.41, 5.74) is 2.50. The summed E-state index contributed by atoms with van der Waals surface area (Å²) in [6.45, 7) is 1.91. The van der Waals surface area contributed by atoms with E-state index in [1.54, 1.807) is 0 Å². The Labute approximate surface area is 114 Å². The van der Waals surface area contributed by atoms with E-state index < -0.39 is 4.92 Å². The largest absolute Gasteiger partial charge is 0.426 e. The summed E-state index contributed by atoms with van der Waals surface area (Å²) < 4.78 is 0.894. The normalized spacial score (nSPS) is 10.8. The highest BCUT2D eigenvalue weighted by Gasteiger charge is 2.16. The number of aromatic nitrogens is 2. The number of imidazole rings is 1. The lowest BCUT2D eigenvalue weighted by molar-refractivity contribution is -0.384. The van der Waals surface area contributed by atoms with Gasteiger partial charge in [0.1, 0.15) is 5.52 Å². The second-order valence-electron chi connectivity index (χ2n) is 4.49. The monoisotopic (exact) mass is 269 g/mol. The molecular weight excluding hydrogens is 258 g/mol. The maximum atomic E-state index is 10.8. The fourth-order valence-electron chi connectivity index (χ4n) is 2.16. The van der Waals surface area contributed by atoms with Crippen LogP contribution in [0.1, 0.15) is 5.56 Å². The van der Waals surface area contributed by atoms with Gasteiger partial charge < -0.3 is 5.21 Å². The van der Waals surface area contributed by atoms with Crippen LogP contribution >= 0.6 is 0 Å². The Morgan fingerprint density at radius 2 is 2.00 bits per heavy atom. The van der Waals surface area contributed by atoms with Crippen molar-refractivity contribution in [1.82, 2.24) is 9.71 Å². The van der Waals surface area contributed by atoms with Gasteiger partial charge >= 0.3 is 0 Å². The smallest absolute Gasteiger partial charge is 0.271 e.